The molecule has 0 radical (unpaired) electrons. The summed E-state index contributed by atoms with van der Waals surface area (Å²) in [6.45, 7) is 4.10. The van der Waals surface area contributed by atoms with E-state index in [-0.39, 0.29) is 17.9 Å². The summed E-state index contributed by atoms with van der Waals surface area (Å²) in [6.07, 6.45) is 0.515. The molecule has 0 heterocycles. The van der Waals surface area contributed by atoms with Crippen molar-refractivity contribution in [2.75, 3.05) is 0 Å². The maximum Gasteiger partial charge on any atom is 0.221 e. The van der Waals surface area contributed by atoms with Gasteiger partial charge < -0.3 is 5.32 Å². The summed E-state index contributed by atoms with van der Waals surface area (Å²) in [5.74, 6) is 0.330. The Bertz CT molecular complexity index is 486. The van der Waals surface area contributed by atoms with Crippen LogP contribution in [-0.2, 0) is 4.79 Å². The van der Waals surface area contributed by atoms with E-state index < -0.39 is 0 Å². The summed E-state index contributed by atoms with van der Waals surface area (Å²) in [4.78, 5) is 12.1. The highest BCUT2D eigenvalue weighted by Crippen LogP contribution is 2.19. The number of amides is 1. The molecule has 0 spiro atoms. The molecule has 2 nitrogen and oxygen atoms in total. The van der Waals surface area contributed by atoms with E-state index >= 15 is 0 Å². The van der Waals surface area contributed by atoms with Crippen molar-refractivity contribution in [1.29, 1.82) is 0 Å². The molecule has 2 aromatic rings. The second-order valence-corrected chi connectivity index (χ2v) is 5.22. The molecule has 0 aliphatic heterocycles. The molecule has 0 saturated heterocycles. The molecule has 1 N–H and O–H groups in total. The third-order valence-corrected chi connectivity index (χ3v) is 3.54. The summed E-state index contributed by atoms with van der Waals surface area (Å²) in [7, 11) is 0. The average Bonchev–Trinajstić information content (AvgIpc) is 2.49. The maximum atomic E-state index is 12.1. The zero-order chi connectivity index (χ0) is 14.4. The molecule has 0 bridgehead atoms. The molecular weight excluding hydrogens is 246 g/mol. The molecular formula is C18H21NO. The molecule has 2 rings (SSSR count). The summed E-state index contributed by atoms with van der Waals surface area (Å²) >= 11 is 0. The summed E-state index contributed by atoms with van der Waals surface area (Å²) in [6, 6.07) is 20.2. The van der Waals surface area contributed by atoms with Crippen molar-refractivity contribution in [3.63, 3.8) is 0 Å². The van der Waals surface area contributed by atoms with Gasteiger partial charge >= 0.3 is 0 Å². The summed E-state index contributed by atoms with van der Waals surface area (Å²) in [5, 5.41) is 3.06. The molecule has 0 aromatic heterocycles. The van der Waals surface area contributed by atoms with Gasteiger partial charge in [0.15, 0.2) is 0 Å². The first-order valence-corrected chi connectivity index (χ1v) is 7.06. The van der Waals surface area contributed by atoms with Crippen LogP contribution in [-0.4, -0.2) is 5.91 Å². The lowest BCUT2D eigenvalue weighted by atomic mass is 9.97. The van der Waals surface area contributed by atoms with E-state index in [2.05, 4.69) is 24.4 Å². The Morgan fingerprint density at radius 1 is 0.900 bits per heavy atom. The minimum atomic E-state index is 0.0478. The number of carbonyl (C=O) groups excluding carboxylic acids is 1. The van der Waals surface area contributed by atoms with Gasteiger partial charge in [-0.25, -0.2) is 0 Å². The molecule has 2 atom stereocenters. The van der Waals surface area contributed by atoms with Crippen molar-refractivity contribution in [2.45, 2.75) is 32.2 Å². The molecule has 0 saturated carbocycles. The van der Waals surface area contributed by atoms with Gasteiger partial charge in [0.25, 0.3) is 0 Å². The van der Waals surface area contributed by atoms with Gasteiger partial charge in [0.2, 0.25) is 5.91 Å². The normalized spacial score (nSPS) is 13.5. The molecule has 104 valence electrons. The molecule has 2 heteroatoms. The Morgan fingerprint density at radius 2 is 1.40 bits per heavy atom. The van der Waals surface area contributed by atoms with Crippen LogP contribution < -0.4 is 5.32 Å². The van der Waals surface area contributed by atoms with Crippen molar-refractivity contribution in [1.82, 2.24) is 5.32 Å². The molecule has 0 aliphatic rings. The van der Waals surface area contributed by atoms with Gasteiger partial charge in [-0.15, -0.1) is 0 Å². The van der Waals surface area contributed by atoms with E-state index in [1.807, 2.05) is 55.5 Å². The van der Waals surface area contributed by atoms with Crippen molar-refractivity contribution < 1.29 is 4.79 Å². The van der Waals surface area contributed by atoms with Crippen LogP contribution in [0.5, 0.6) is 0 Å². The second kappa shape index (κ2) is 6.90. The van der Waals surface area contributed by atoms with E-state index in [4.69, 9.17) is 0 Å². The average molecular weight is 267 g/mol. The van der Waals surface area contributed by atoms with E-state index in [9.17, 15) is 4.79 Å². The SMILES string of the molecule is C[C@H](CC(=O)N[C@H](C)c1ccccc1)c1ccccc1. The smallest absolute Gasteiger partial charge is 0.221 e. The van der Waals surface area contributed by atoms with E-state index in [1.54, 1.807) is 0 Å². The largest absolute Gasteiger partial charge is 0.350 e. The molecule has 1 amide bonds. The molecule has 0 fully saturated rings. The lowest BCUT2D eigenvalue weighted by Gasteiger charge is -2.17. The molecule has 20 heavy (non-hydrogen) atoms. The number of nitrogens with one attached hydrogen (secondary N) is 1. The molecule has 0 unspecified atom stereocenters. The first-order valence-electron chi connectivity index (χ1n) is 7.06. The maximum absolute atomic E-state index is 12.1. The van der Waals surface area contributed by atoms with Gasteiger partial charge in [0.1, 0.15) is 0 Å². The highest BCUT2D eigenvalue weighted by molar-refractivity contribution is 5.77. The second-order valence-electron chi connectivity index (χ2n) is 5.22. The number of carbonyl (C=O) groups is 1. The molecule has 0 aliphatic carbocycles. The number of rotatable bonds is 5. The van der Waals surface area contributed by atoms with Crippen molar-refractivity contribution >= 4 is 5.91 Å². The first kappa shape index (κ1) is 14.3. The van der Waals surface area contributed by atoms with Gasteiger partial charge in [-0.3, -0.25) is 4.79 Å². The zero-order valence-corrected chi connectivity index (χ0v) is 12.0. The Morgan fingerprint density at radius 3 is 1.95 bits per heavy atom. The van der Waals surface area contributed by atoms with Crippen molar-refractivity contribution in [3.8, 4) is 0 Å². The minimum absolute atomic E-state index is 0.0478. The van der Waals surface area contributed by atoms with E-state index in [0.717, 1.165) is 5.56 Å². The highest BCUT2D eigenvalue weighted by Gasteiger charge is 2.13. The van der Waals surface area contributed by atoms with Crippen molar-refractivity contribution in [3.05, 3.63) is 71.8 Å². The predicted octanol–water partition coefficient (Wildman–Crippen LogP) is 4.06. The fourth-order valence-electron chi connectivity index (χ4n) is 2.30. The molecule has 2 aromatic carbocycles. The van der Waals surface area contributed by atoms with Crippen LogP contribution in [0.3, 0.4) is 0 Å². The predicted molar refractivity (Wildman–Crippen MR) is 82.5 cm³/mol. The van der Waals surface area contributed by atoms with Gasteiger partial charge in [-0.2, -0.15) is 0 Å². The quantitative estimate of drug-likeness (QED) is 0.869. The fraction of sp³-hybridized carbons (Fsp3) is 0.278. The number of hydrogen-bond donors (Lipinski definition) is 1. The third kappa shape index (κ3) is 3.95. The fourth-order valence-corrected chi connectivity index (χ4v) is 2.30. The Balaban J connectivity index is 1.90. The van der Waals surface area contributed by atoms with Gasteiger partial charge in [0, 0.05) is 6.42 Å². The van der Waals surface area contributed by atoms with Crippen LogP contribution in [0.15, 0.2) is 60.7 Å². The van der Waals surface area contributed by atoms with Crippen LogP contribution in [0.4, 0.5) is 0 Å². The number of hydrogen-bond acceptors (Lipinski definition) is 1. The van der Waals surface area contributed by atoms with Gasteiger partial charge in [-0.05, 0) is 24.0 Å². The van der Waals surface area contributed by atoms with E-state index in [1.165, 1.54) is 5.56 Å². The first-order chi connectivity index (χ1) is 9.66. The van der Waals surface area contributed by atoms with Crippen LogP contribution in [0.25, 0.3) is 0 Å². The van der Waals surface area contributed by atoms with Crippen LogP contribution in [0.2, 0.25) is 0 Å². The zero-order valence-electron chi connectivity index (χ0n) is 12.0. The van der Waals surface area contributed by atoms with Gasteiger partial charge in [0.05, 0.1) is 6.04 Å². The Kier molecular flexibility index (Phi) is 4.94. The standard InChI is InChI=1S/C18H21NO/c1-14(16-9-5-3-6-10-16)13-18(20)19-15(2)17-11-7-4-8-12-17/h3-12,14-15H,13H2,1-2H3,(H,19,20)/t14-,15-/m1/s1. The summed E-state index contributed by atoms with van der Waals surface area (Å²) in [5.41, 5.74) is 2.34. The summed E-state index contributed by atoms with van der Waals surface area (Å²) < 4.78 is 0. The van der Waals surface area contributed by atoms with Gasteiger partial charge in [-0.1, -0.05) is 67.6 Å². The monoisotopic (exact) mass is 267 g/mol. The van der Waals surface area contributed by atoms with Crippen LogP contribution >= 0.6 is 0 Å². The van der Waals surface area contributed by atoms with Crippen LogP contribution in [0, 0.1) is 0 Å². The highest BCUT2D eigenvalue weighted by atomic mass is 16.1. The van der Waals surface area contributed by atoms with Crippen molar-refractivity contribution in [2.24, 2.45) is 0 Å². The lowest BCUT2D eigenvalue weighted by molar-refractivity contribution is -0.122. The lowest BCUT2D eigenvalue weighted by Crippen LogP contribution is -2.27. The Hall–Kier alpha value is -2.09. The minimum Gasteiger partial charge on any atom is -0.350 e. The number of benzene rings is 2. The third-order valence-electron chi connectivity index (χ3n) is 3.54. The topological polar surface area (TPSA) is 29.1 Å². The van der Waals surface area contributed by atoms with Crippen LogP contribution in [0.1, 0.15) is 43.4 Å². The van der Waals surface area contributed by atoms with E-state index in [0.29, 0.717) is 6.42 Å². The Labute approximate surface area is 120 Å².